The van der Waals surface area contributed by atoms with Gasteiger partial charge in [-0.2, -0.15) is 21.0 Å². The van der Waals surface area contributed by atoms with Gasteiger partial charge in [0.1, 0.15) is 35.4 Å². The number of rotatable bonds is 8. The fourth-order valence-electron chi connectivity index (χ4n) is 14.1. The summed E-state index contributed by atoms with van der Waals surface area (Å²) in [6.45, 7) is 8.53. The monoisotopic (exact) mass is 1190 g/mol. The molecule has 418 valence electrons. The van der Waals surface area contributed by atoms with Crippen molar-refractivity contribution in [2.75, 3.05) is 0 Å². The highest BCUT2D eigenvalue weighted by Gasteiger charge is 2.52. The first-order valence-corrected chi connectivity index (χ1v) is 31.6. The minimum Gasteiger partial charge on any atom is -0.289 e. The Morgan fingerprint density at radius 1 is 0.360 bits per heavy atom. The van der Waals surface area contributed by atoms with Gasteiger partial charge < -0.3 is 0 Å². The van der Waals surface area contributed by atoms with Crippen LogP contribution in [-0.2, 0) is 10.8 Å². The van der Waals surface area contributed by atoms with E-state index in [0.717, 1.165) is 96.7 Å². The molecule has 3 aromatic heterocycles. The molecule has 0 amide bonds. The molecule has 89 heavy (non-hydrogen) atoms. The van der Waals surface area contributed by atoms with Crippen LogP contribution in [-0.4, -0.2) is 11.6 Å². The van der Waals surface area contributed by atoms with Crippen molar-refractivity contribution in [1.82, 2.24) is 0 Å². The third-order valence-electron chi connectivity index (χ3n) is 18.2. The van der Waals surface area contributed by atoms with E-state index in [4.69, 9.17) is 0 Å². The van der Waals surface area contributed by atoms with Crippen molar-refractivity contribution in [3.63, 3.8) is 0 Å². The average molecular weight is 1190 g/mol. The smallest absolute Gasteiger partial charge is 0.194 e. The SMILES string of the molecule is Cc1ccc(C2(c3ccc(C)cc3)c3cc(-c4ccc(C=C5C(=O)c6ccccc6C5=C(C#N)C#N)s4)ccc3-c3cc4c(cc32)-c2sc(-c3ccc(C=C5C(=O)c6ccccc6C5=C(C#N)C#N)s3)cc2C4(c2ccc(C)cc2)c2ccc(C)cc2)cc1. The highest BCUT2D eigenvalue weighted by Crippen LogP contribution is 2.65. The summed E-state index contributed by atoms with van der Waals surface area (Å²) in [6, 6.07) is 81.2. The molecule has 0 radical (unpaired) electrons. The van der Waals surface area contributed by atoms with E-state index in [1.165, 1.54) is 21.6 Å². The minimum absolute atomic E-state index is 0.0920. The van der Waals surface area contributed by atoms with Crippen LogP contribution in [0.5, 0.6) is 0 Å². The highest BCUT2D eigenvalue weighted by molar-refractivity contribution is 7.24. The number of allylic oxidation sites excluding steroid dienone is 6. The number of aryl methyl sites for hydroxylation is 4. The van der Waals surface area contributed by atoms with E-state index in [9.17, 15) is 30.6 Å². The summed E-state index contributed by atoms with van der Waals surface area (Å²) in [5.74, 6) is -0.420. The van der Waals surface area contributed by atoms with E-state index in [0.29, 0.717) is 44.5 Å². The third kappa shape index (κ3) is 8.22. The Labute approximate surface area is 527 Å². The molecule has 0 N–H and O–H groups in total. The number of benzene rings is 8. The first-order valence-electron chi connectivity index (χ1n) is 29.2. The quantitative estimate of drug-likeness (QED) is 0.110. The number of ketones is 2. The van der Waals surface area contributed by atoms with Gasteiger partial charge in [-0.25, -0.2) is 0 Å². The summed E-state index contributed by atoms with van der Waals surface area (Å²) in [5, 5.41) is 40.4. The lowest BCUT2D eigenvalue weighted by atomic mass is 9.65. The predicted octanol–water partition coefficient (Wildman–Crippen LogP) is 19.3. The van der Waals surface area contributed by atoms with Gasteiger partial charge in [-0.05, 0) is 166 Å². The van der Waals surface area contributed by atoms with Crippen molar-refractivity contribution in [1.29, 1.82) is 21.0 Å². The van der Waals surface area contributed by atoms with Crippen LogP contribution in [0.4, 0.5) is 0 Å². The zero-order valence-electron chi connectivity index (χ0n) is 48.6. The molecule has 0 saturated carbocycles. The van der Waals surface area contributed by atoms with Gasteiger partial charge in [-0.1, -0.05) is 180 Å². The number of nitrogens with zero attached hydrogens (tertiary/aromatic N) is 4. The molecular formula is C80H48N4O2S3. The van der Waals surface area contributed by atoms with Crippen molar-refractivity contribution in [3.8, 4) is 66.0 Å². The Balaban J connectivity index is 0.951. The average Bonchev–Trinajstić information content (AvgIpc) is 1.52. The van der Waals surface area contributed by atoms with Crippen LogP contribution in [0.2, 0.25) is 0 Å². The molecular weight excluding hydrogens is 1150 g/mol. The number of hydrogen-bond acceptors (Lipinski definition) is 9. The van der Waals surface area contributed by atoms with Crippen LogP contribution in [0.3, 0.4) is 0 Å². The molecule has 0 bridgehead atoms. The molecule has 15 rings (SSSR count). The number of thiophene rings is 3. The molecule has 3 heterocycles. The highest BCUT2D eigenvalue weighted by atomic mass is 32.1. The molecule has 8 aromatic carbocycles. The fraction of sp³-hybridized carbons (Fsp3) is 0.0750. The molecule has 0 atom stereocenters. The molecule has 4 aliphatic carbocycles. The molecule has 0 fully saturated rings. The van der Waals surface area contributed by atoms with Crippen molar-refractivity contribution in [2.24, 2.45) is 0 Å². The maximum absolute atomic E-state index is 14.1. The topological polar surface area (TPSA) is 129 Å². The maximum Gasteiger partial charge on any atom is 0.194 e. The summed E-state index contributed by atoms with van der Waals surface area (Å²) in [5.41, 5.74) is 20.2. The Morgan fingerprint density at radius 2 is 0.753 bits per heavy atom. The lowest BCUT2D eigenvalue weighted by molar-refractivity contribution is 0.103. The van der Waals surface area contributed by atoms with E-state index >= 15 is 0 Å². The Bertz CT molecular complexity index is 5120. The number of nitriles is 4. The zero-order chi connectivity index (χ0) is 61.0. The lowest BCUT2D eigenvalue weighted by Crippen LogP contribution is -2.30. The van der Waals surface area contributed by atoms with Crippen LogP contribution >= 0.6 is 34.0 Å². The van der Waals surface area contributed by atoms with Gasteiger partial charge in [0.2, 0.25) is 0 Å². The van der Waals surface area contributed by atoms with Gasteiger partial charge in [0.25, 0.3) is 0 Å². The number of Topliss-reactive ketones (excluding diaryl/α,β-unsaturated/α-hetero) is 2. The van der Waals surface area contributed by atoms with Gasteiger partial charge in [0.05, 0.1) is 10.8 Å². The van der Waals surface area contributed by atoms with Gasteiger partial charge in [-0.15, -0.1) is 34.0 Å². The molecule has 0 unspecified atom stereocenters. The van der Waals surface area contributed by atoms with Crippen molar-refractivity contribution in [2.45, 2.75) is 38.5 Å². The van der Waals surface area contributed by atoms with Crippen LogP contribution in [0, 0.1) is 73.0 Å². The number of carbonyl (C=O) groups excluding carboxylic acids is 2. The molecule has 6 nitrogen and oxygen atoms in total. The number of fused-ring (bicyclic) bond motifs is 8. The Hall–Kier alpha value is -10.9. The second-order valence-electron chi connectivity index (χ2n) is 23.2. The van der Waals surface area contributed by atoms with Gasteiger partial charge >= 0.3 is 0 Å². The van der Waals surface area contributed by atoms with Gasteiger partial charge in [-0.3, -0.25) is 9.59 Å². The van der Waals surface area contributed by atoms with Crippen LogP contribution in [0.25, 0.3) is 65.1 Å². The molecule has 11 aromatic rings. The Morgan fingerprint density at radius 3 is 1.21 bits per heavy atom. The largest absolute Gasteiger partial charge is 0.289 e. The van der Waals surface area contributed by atoms with Crippen molar-refractivity contribution in [3.05, 3.63) is 327 Å². The third-order valence-corrected chi connectivity index (χ3v) is 21.7. The van der Waals surface area contributed by atoms with Crippen LogP contribution in [0.15, 0.2) is 229 Å². The van der Waals surface area contributed by atoms with E-state index < -0.39 is 10.8 Å². The fourth-order valence-corrected chi connectivity index (χ4v) is 17.3. The molecule has 0 saturated heterocycles. The number of hydrogen-bond donors (Lipinski definition) is 0. The van der Waals surface area contributed by atoms with Gasteiger partial charge in [0.15, 0.2) is 11.6 Å². The standard InChI is InChI=1S/C80H48N4O2S3/c1-45-13-22-52(23-14-45)79(53-24-15-46(2)16-25-53)67-35-49(71-33-30-56(87-71)36-65-74(50(41-81)42-82)59-9-5-7-11-61(59)76(65)85)21-32-58(67)63-38-69-64(39-68(63)79)78-70(80(69,54-26-17-47(3)18-27-54)55-28-19-48(4)20-29-55)40-73(89-78)72-34-31-57(88-72)37-66-75(51(43-83)44-84)60-10-6-8-12-62(60)77(66)86/h5-40H,1-4H3. The Kier molecular flexibility index (Phi) is 12.9. The number of carbonyl (C=O) groups is 2. The molecule has 0 spiro atoms. The first kappa shape index (κ1) is 54.8. The zero-order valence-corrected chi connectivity index (χ0v) is 51.1. The summed E-state index contributed by atoms with van der Waals surface area (Å²) in [4.78, 5) is 34.1. The summed E-state index contributed by atoms with van der Waals surface area (Å²) in [7, 11) is 0. The predicted molar refractivity (Wildman–Crippen MR) is 358 cm³/mol. The first-order chi connectivity index (χ1) is 43.4. The van der Waals surface area contributed by atoms with Gasteiger partial charge in [0, 0.05) is 62.7 Å². The van der Waals surface area contributed by atoms with E-state index in [-0.39, 0.29) is 22.7 Å². The van der Waals surface area contributed by atoms with E-state index in [2.05, 4.69) is 198 Å². The normalized spacial score (nSPS) is 15.1. The lowest BCUT2D eigenvalue weighted by Gasteiger charge is -2.36. The minimum atomic E-state index is -0.803. The van der Waals surface area contributed by atoms with Crippen molar-refractivity contribution < 1.29 is 9.59 Å². The van der Waals surface area contributed by atoms with E-state index in [1.54, 1.807) is 70.4 Å². The second-order valence-corrected chi connectivity index (χ2v) is 26.5. The maximum atomic E-state index is 14.1. The second kappa shape index (κ2) is 20.9. The van der Waals surface area contributed by atoms with Crippen LogP contribution < -0.4 is 0 Å². The molecule has 4 aliphatic rings. The summed E-state index contributed by atoms with van der Waals surface area (Å²) in [6.07, 6.45) is 3.67. The summed E-state index contributed by atoms with van der Waals surface area (Å²) >= 11 is 4.93. The summed E-state index contributed by atoms with van der Waals surface area (Å²) < 4.78 is 0. The van der Waals surface area contributed by atoms with Crippen LogP contribution in [0.1, 0.15) is 108 Å². The van der Waals surface area contributed by atoms with E-state index in [1.807, 2.05) is 36.4 Å². The molecule has 9 heteroatoms. The molecule has 0 aliphatic heterocycles. The van der Waals surface area contributed by atoms with Crippen molar-refractivity contribution >= 4 is 68.9 Å².